The van der Waals surface area contributed by atoms with Crippen molar-refractivity contribution in [3.8, 4) is 0 Å². The fourth-order valence-electron chi connectivity index (χ4n) is 3.38. The van der Waals surface area contributed by atoms with Crippen LogP contribution in [0.5, 0.6) is 0 Å². The molecule has 0 N–H and O–H groups in total. The molecule has 2 aromatic carbocycles. The Morgan fingerprint density at radius 1 is 1.15 bits per heavy atom. The zero-order chi connectivity index (χ0) is 18.5. The summed E-state index contributed by atoms with van der Waals surface area (Å²) in [6.45, 7) is 2.31. The second-order valence-electron chi connectivity index (χ2n) is 6.36. The first-order chi connectivity index (χ1) is 12.4. The number of hydrogen-bond donors (Lipinski definition) is 0. The summed E-state index contributed by atoms with van der Waals surface area (Å²) in [5, 5.41) is 11.6. The topological polar surface area (TPSA) is 90.6 Å². The molecule has 0 spiro atoms. The van der Waals surface area contributed by atoms with Crippen LogP contribution in [0.1, 0.15) is 27.2 Å². The molecule has 0 unspecified atom stereocenters. The molecule has 7 heteroatoms. The minimum atomic E-state index is -3.70. The third-order valence-electron chi connectivity index (χ3n) is 4.83. The number of furan rings is 1. The molecule has 1 aliphatic rings. The van der Waals surface area contributed by atoms with Crippen molar-refractivity contribution in [1.82, 2.24) is 4.31 Å². The minimum Gasteiger partial charge on any atom is -0.542 e. The summed E-state index contributed by atoms with van der Waals surface area (Å²) in [5.41, 5.74) is 2.85. The predicted molar refractivity (Wildman–Crippen MR) is 93.0 cm³/mol. The van der Waals surface area contributed by atoms with E-state index < -0.39 is 16.0 Å². The summed E-state index contributed by atoms with van der Waals surface area (Å²) < 4.78 is 32.8. The summed E-state index contributed by atoms with van der Waals surface area (Å²) in [6, 6.07) is 12.2. The van der Waals surface area contributed by atoms with E-state index in [1.165, 1.54) is 28.1 Å². The third-order valence-corrected chi connectivity index (χ3v) is 6.67. The Labute approximate surface area is 150 Å². The van der Waals surface area contributed by atoms with Gasteiger partial charge < -0.3 is 14.3 Å². The number of carbonyl (C=O) groups excluding carboxylic acids is 1. The number of aryl methyl sites for hydroxylation is 1. The largest absolute Gasteiger partial charge is 0.542 e. The summed E-state index contributed by atoms with van der Waals surface area (Å²) in [7, 11) is -3.70. The number of benzene rings is 2. The highest BCUT2D eigenvalue weighted by molar-refractivity contribution is 7.89. The van der Waals surface area contributed by atoms with Crippen LogP contribution in [0, 0.1) is 6.92 Å². The van der Waals surface area contributed by atoms with Crippen LogP contribution in [0.4, 0.5) is 0 Å². The Kier molecular flexibility index (Phi) is 3.86. The molecular weight excluding hydrogens is 354 g/mol. The van der Waals surface area contributed by atoms with Crippen molar-refractivity contribution >= 4 is 27.0 Å². The summed E-state index contributed by atoms with van der Waals surface area (Å²) in [5.74, 6) is -1.70. The maximum absolute atomic E-state index is 13.1. The van der Waals surface area contributed by atoms with Gasteiger partial charge in [0, 0.05) is 24.0 Å². The fraction of sp³-hybridized carbons (Fsp3) is 0.211. The van der Waals surface area contributed by atoms with Gasteiger partial charge in [0.25, 0.3) is 0 Å². The fourth-order valence-corrected chi connectivity index (χ4v) is 4.82. The smallest absolute Gasteiger partial charge is 0.243 e. The lowest BCUT2D eigenvalue weighted by atomic mass is 10.0. The van der Waals surface area contributed by atoms with Crippen molar-refractivity contribution in [3.63, 3.8) is 0 Å². The van der Waals surface area contributed by atoms with E-state index in [1.807, 2.05) is 24.3 Å². The van der Waals surface area contributed by atoms with E-state index in [0.29, 0.717) is 36.0 Å². The Bertz CT molecular complexity index is 1130. The van der Waals surface area contributed by atoms with Crippen LogP contribution in [-0.4, -0.2) is 25.2 Å². The molecule has 3 aromatic rings. The van der Waals surface area contributed by atoms with Crippen molar-refractivity contribution in [2.24, 2.45) is 0 Å². The van der Waals surface area contributed by atoms with Gasteiger partial charge in [-0.05, 0) is 42.7 Å². The molecule has 0 saturated heterocycles. The van der Waals surface area contributed by atoms with E-state index in [9.17, 15) is 18.3 Å². The highest BCUT2D eigenvalue weighted by atomic mass is 32.2. The number of carbonyl (C=O) groups is 1. The lowest BCUT2D eigenvalue weighted by Gasteiger charge is -2.28. The molecule has 134 valence electrons. The van der Waals surface area contributed by atoms with Gasteiger partial charge in [-0.15, -0.1) is 0 Å². The second kappa shape index (κ2) is 5.96. The Morgan fingerprint density at radius 3 is 2.62 bits per heavy atom. The van der Waals surface area contributed by atoms with Gasteiger partial charge in [-0.3, -0.25) is 0 Å². The molecule has 2 heterocycles. The van der Waals surface area contributed by atoms with Crippen LogP contribution < -0.4 is 5.11 Å². The number of nitrogens with zero attached hydrogens (tertiary/aromatic N) is 1. The van der Waals surface area contributed by atoms with Crippen LogP contribution in [-0.2, 0) is 23.0 Å². The van der Waals surface area contributed by atoms with Crippen LogP contribution in [0.15, 0.2) is 51.8 Å². The first-order valence-electron chi connectivity index (χ1n) is 8.19. The van der Waals surface area contributed by atoms with Gasteiger partial charge in [0.1, 0.15) is 11.6 Å². The van der Waals surface area contributed by atoms with Gasteiger partial charge >= 0.3 is 0 Å². The number of sulfonamides is 1. The predicted octanol–water partition coefficient (Wildman–Crippen LogP) is 1.85. The zero-order valence-electron chi connectivity index (χ0n) is 14.1. The molecule has 4 rings (SSSR count). The van der Waals surface area contributed by atoms with E-state index >= 15 is 0 Å². The van der Waals surface area contributed by atoms with E-state index in [0.717, 1.165) is 5.56 Å². The van der Waals surface area contributed by atoms with Gasteiger partial charge in [0.2, 0.25) is 10.0 Å². The van der Waals surface area contributed by atoms with Gasteiger partial charge in [0.05, 0.1) is 4.90 Å². The van der Waals surface area contributed by atoms with Crippen LogP contribution in [0.3, 0.4) is 0 Å². The summed E-state index contributed by atoms with van der Waals surface area (Å²) >= 11 is 0. The highest BCUT2D eigenvalue weighted by Crippen LogP contribution is 2.30. The van der Waals surface area contributed by atoms with Gasteiger partial charge in [-0.2, -0.15) is 4.31 Å². The van der Waals surface area contributed by atoms with Crippen molar-refractivity contribution in [2.45, 2.75) is 24.8 Å². The molecule has 0 bridgehead atoms. The molecule has 6 nitrogen and oxygen atoms in total. The van der Waals surface area contributed by atoms with E-state index in [4.69, 9.17) is 4.42 Å². The van der Waals surface area contributed by atoms with E-state index in [1.54, 1.807) is 6.92 Å². The molecule has 1 aromatic heterocycles. The number of aromatic carboxylic acids is 1. The molecule has 0 fully saturated rings. The number of carboxylic acid groups (broad SMARTS) is 1. The van der Waals surface area contributed by atoms with Gasteiger partial charge in [-0.1, -0.05) is 24.3 Å². The first kappa shape index (κ1) is 16.8. The second-order valence-corrected chi connectivity index (χ2v) is 8.30. The van der Waals surface area contributed by atoms with Crippen LogP contribution >= 0.6 is 0 Å². The maximum atomic E-state index is 13.1. The van der Waals surface area contributed by atoms with Crippen molar-refractivity contribution in [1.29, 1.82) is 0 Å². The molecule has 26 heavy (non-hydrogen) atoms. The number of rotatable bonds is 3. The minimum absolute atomic E-state index is 0.123. The number of fused-ring (bicyclic) bond motifs is 2. The Hall–Kier alpha value is -2.64. The molecule has 0 amide bonds. The Balaban J connectivity index is 1.74. The molecular formula is C19H16NO5S-. The average molecular weight is 370 g/mol. The zero-order valence-corrected chi connectivity index (χ0v) is 14.9. The molecule has 0 aliphatic carbocycles. The monoisotopic (exact) mass is 370 g/mol. The lowest BCUT2D eigenvalue weighted by molar-refractivity contribution is -0.257. The van der Waals surface area contributed by atoms with Gasteiger partial charge in [-0.25, -0.2) is 8.42 Å². The third kappa shape index (κ3) is 2.60. The maximum Gasteiger partial charge on any atom is 0.243 e. The number of hydrogen-bond acceptors (Lipinski definition) is 5. The summed E-state index contributed by atoms with van der Waals surface area (Å²) in [6.07, 6.45) is 0.664. The highest BCUT2D eigenvalue weighted by Gasteiger charge is 2.28. The molecule has 0 atom stereocenters. The van der Waals surface area contributed by atoms with E-state index in [-0.39, 0.29) is 10.7 Å². The lowest BCUT2D eigenvalue weighted by Crippen LogP contribution is -2.35. The molecule has 0 saturated carbocycles. The standard InChI is InChI=1S/C19H17NO5S/c1-12-16-10-15(6-7-17(16)25-18(12)19(21)22)26(23,24)20-9-8-13-4-2-3-5-14(13)11-20/h2-7,10H,8-9,11H2,1H3,(H,21,22)/p-1. The van der Waals surface area contributed by atoms with Crippen molar-refractivity contribution < 1.29 is 22.7 Å². The first-order valence-corrected chi connectivity index (χ1v) is 9.63. The van der Waals surface area contributed by atoms with Crippen molar-refractivity contribution in [2.75, 3.05) is 6.54 Å². The van der Waals surface area contributed by atoms with E-state index in [2.05, 4.69) is 0 Å². The molecule has 0 radical (unpaired) electrons. The normalized spacial score (nSPS) is 15.1. The SMILES string of the molecule is Cc1c(C(=O)[O-])oc2ccc(S(=O)(=O)N3CCc4ccccc4C3)cc12. The average Bonchev–Trinajstić information content (AvgIpc) is 2.98. The Morgan fingerprint density at radius 2 is 1.88 bits per heavy atom. The summed E-state index contributed by atoms with van der Waals surface area (Å²) in [4.78, 5) is 11.2. The van der Waals surface area contributed by atoms with Crippen molar-refractivity contribution in [3.05, 3.63) is 64.9 Å². The van der Waals surface area contributed by atoms with Crippen LogP contribution in [0.2, 0.25) is 0 Å². The van der Waals surface area contributed by atoms with Gasteiger partial charge in [0.15, 0.2) is 5.76 Å². The quantitative estimate of drug-likeness (QED) is 0.702. The van der Waals surface area contributed by atoms with Crippen LogP contribution in [0.25, 0.3) is 11.0 Å². The number of carboxylic acids is 1. The molecule has 1 aliphatic heterocycles.